The maximum atomic E-state index is 11.4. The molecule has 0 fully saturated rings. The lowest BCUT2D eigenvalue weighted by Crippen LogP contribution is -2.37. The molecule has 0 spiro atoms. The Morgan fingerprint density at radius 3 is 2.58 bits per heavy atom. The highest BCUT2D eigenvalue weighted by Crippen LogP contribution is 2.08. The number of amides is 2. The molecule has 0 aliphatic rings. The highest BCUT2D eigenvalue weighted by Gasteiger charge is 2.08. The van der Waals surface area contributed by atoms with E-state index in [0.29, 0.717) is 25.1 Å². The number of urea groups is 1. The Morgan fingerprint density at radius 1 is 1.26 bits per heavy atom. The van der Waals surface area contributed by atoms with Gasteiger partial charge in [-0.15, -0.1) is 0 Å². The van der Waals surface area contributed by atoms with Crippen LogP contribution in [0.5, 0.6) is 0 Å². The third kappa shape index (κ3) is 5.25. The van der Waals surface area contributed by atoms with Crippen molar-refractivity contribution in [2.75, 3.05) is 13.1 Å². The van der Waals surface area contributed by atoms with Gasteiger partial charge in [0, 0.05) is 13.1 Å². The van der Waals surface area contributed by atoms with Crippen LogP contribution in [0.3, 0.4) is 0 Å². The molecule has 0 radical (unpaired) electrons. The van der Waals surface area contributed by atoms with Crippen molar-refractivity contribution in [3.8, 4) is 0 Å². The van der Waals surface area contributed by atoms with Crippen LogP contribution in [0, 0.1) is 0 Å². The Morgan fingerprint density at radius 2 is 1.95 bits per heavy atom. The van der Waals surface area contributed by atoms with Gasteiger partial charge in [-0.3, -0.25) is 0 Å². The summed E-state index contributed by atoms with van der Waals surface area (Å²) in [6.07, 6.45) is 0.475. The van der Waals surface area contributed by atoms with Crippen molar-refractivity contribution in [3.05, 3.63) is 47.5 Å². The van der Waals surface area contributed by atoms with Crippen molar-refractivity contribution in [3.63, 3.8) is 0 Å². The molecular weight excluding hydrogens is 244 g/mol. The van der Waals surface area contributed by atoms with Gasteiger partial charge in [0.15, 0.2) is 0 Å². The smallest absolute Gasteiger partial charge is 0.335 e. The molecule has 1 aromatic rings. The van der Waals surface area contributed by atoms with Crippen LogP contribution in [-0.2, 0) is 6.42 Å². The normalized spacial score (nSPS) is 9.74. The Labute approximate surface area is 112 Å². The fourth-order valence-electron chi connectivity index (χ4n) is 1.55. The van der Waals surface area contributed by atoms with Crippen LogP contribution in [0.1, 0.15) is 22.8 Å². The second-order valence-electron chi connectivity index (χ2n) is 4.28. The summed E-state index contributed by atoms with van der Waals surface area (Å²) in [7, 11) is 0. The summed E-state index contributed by atoms with van der Waals surface area (Å²) in [5, 5.41) is 14.3. The van der Waals surface area contributed by atoms with Crippen LogP contribution < -0.4 is 10.6 Å². The number of hydrogen-bond acceptors (Lipinski definition) is 2. The predicted octanol–water partition coefficient (Wildman–Crippen LogP) is 1.80. The average Bonchev–Trinajstić information content (AvgIpc) is 2.36. The number of nitrogens with one attached hydrogen (secondary N) is 2. The fraction of sp³-hybridized carbons (Fsp3) is 0.286. The molecule has 5 heteroatoms. The summed E-state index contributed by atoms with van der Waals surface area (Å²) in [6, 6.07) is 6.48. The second-order valence-corrected chi connectivity index (χ2v) is 4.28. The van der Waals surface area contributed by atoms with E-state index >= 15 is 0 Å². The fourth-order valence-corrected chi connectivity index (χ4v) is 1.55. The molecule has 102 valence electrons. The minimum atomic E-state index is -0.956. The van der Waals surface area contributed by atoms with E-state index in [9.17, 15) is 9.59 Å². The SMILES string of the molecule is C=C(C)CNC(=O)NCCc1ccccc1C(=O)O. The van der Waals surface area contributed by atoms with Gasteiger partial charge in [-0.2, -0.15) is 0 Å². The van der Waals surface area contributed by atoms with E-state index in [0.717, 1.165) is 5.57 Å². The van der Waals surface area contributed by atoms with Gasteiger partial charge >= 0.3 is 12.0 Å². The van der Waals surface area contributed by atoms with Crippen molar-refractivity contribution >= 4 is 12.0 Å². The van der Waals surface area contributed by atoms with Gasteiger partial charge in [0.2, 0.25) is 0 Å². The van der Waals surface area contributed by atoms with E-state index in [4.69, 9.17) is 5.11 Å². The van der Waals surface area contributed by atoms with Gasteiger partial charge < -0.3 is 15.7 Å². The van der Waals surface area contributed by atoms with Crippen molar-refractivity contribution in [2.24, 2.45) is 0 Å². The molecular formula is C14H18N2O3. The van der Waals surface area contributed by atoms with Gasteiger partial charge in [-0.25, -0.2) is 9.59 Å². The third-order valence-corrected chi connectivity index (χ3v) is 2.48. The Kier molecular flexibility index (Phi) is 5.60. The maximum absolute atomic E-state index is 11.4. The molecule has 0 unspecified atom stereocenters. The number of carboxylic acid groups (broad SMARTS) is 1. The number of carbonyl (C=O) groups is 2. The summed E-state index contributed by atoms with van der Waals surface area (Å²) < 4.78 is 0. The number of aromatic carboxylic acids is 1. The Balaban J connectivity index is 2.43. The largest absolute Gasteiger partial charge is 0.478 e. The Hall–Kier alpha value is -2.30. The molecule has 0 saturated carbocycles. The van der Waals surface area contributed by atoms with Gasteiger partial charge in [-0.05, 0) is 25.0 Å². The first-order chi connectivity index (χ1) is 9.00. The van der Waals surface area contributed by atoms with Gasteiger partial charge in [0.25, 0.3) is 0 Å². The molecule has 3 N–H and O–H groups in total. The number of hydrogen-bond donors (Lipinski definition) is 3. The van der Waals surface area contributed by atoms with E-state index in [1.807, 2.05) is 6.92 Å². The molecule has 0 aliphatic heterocycles. The van der Waals surface area contributed by atoms with Gasteiger partial charge in [-0.1, -0.05) is 30.4 Å². The zero-order valence-corrected chi connectivity index (χ0v) is 10.9. The zero-order chi connectivity index (χ0) is 14.3. The molecule has 0 aromatic heterocycles. The van der Waals surface area contributed by atoms with Crippen LogP contribution in [0.15, 0.2) is 36.4 Å². The first kappa shape index (κ1) is 14.8. The van der Waals surface area contributed by atoms with Crippen LogP contribution >= 0.6 is 0 Å². The van der Waals surface area contributed by atoms with Gasteiger partial charge in [0.05, 0.1) is 5.56 Å². The summed E-state index contributed by atoms with van der Waals surface area (Å²) in [5.74, 6) is -0.956. The first-order valence-corrected chi connectivity index (χ1v) is 5.98. The lowest BCUT2D eigenvalue weighted by Gasteiger charge is -2.08. The molecule has 19 heavy (non-hydrogen) atoms. The molecule has 0 saturated heterocycles. The van der Waals surface area contributed by atoms with Crippen LogP contribution in [0.2, 0.25) is 0 Å². The van der Waals surface area contributed by atoms with Crippen molar-refractivity contribution < 1.29 is 14.7 Å². The lowest BCUT2D eigenvalue weighted by atomic mass is 10.0. The van der Waals surface area contributed by atoms with E-state index < -0.39 is 5.97 Å². The van der Waals surface area contributed by atoms with Gasteiger partial charge in [0.1, 0.15) is 0 Å². The van der Waals surface area contributed by atoms with Crippen molar-refractivity contribution in [1.29, 1.82) is 0 Å². The second kappa shape index (κ2) is 7.20. The van der Waals surface area contributed by atoms with E-state index in [-0.39, 0.29) is 11.6 Å². The minimum Gasteiger partial charge on any atom is -0.478 e. The van der Waals surface area contributed by atoms with Crippen LogP contribution in [-0.4, -0.2) is 30.2 Å². The molecule has 0 aliphatic carbocycles. The minimum absolute atomic E-state index is 0.270. The molecule has 0 heterocycles. The Bertz CT molecular complexity index is 483. The standard InChI is InChI=1S/C14H18N2O3/c1-10(2)9-16-14(19)15-8-7-11-5-3-4-6-12(11)13(17)18/h3-6H,1,7-9H2,2H3,(H,17,18)(H2,15,16,19). The number of benzene rings is 1. The molecule has 0 atom stereocenters. The quantitative estimate of drug-likeness (QED) is 0.684. The van der Waals surface area contributed by atoms with E-state index in [2.05, 4.69) is 17.2 Å². The zero-order valence-electron chi connectivity index (χ0n) is 10.9. The summed E-state index contributed by atoms with van der Waals surface area (Å²) in [5.41, 5.74) is 1.84. The number of carbonyl (C=O) groups excluding carboxylic acids is 1. The van der Waals surface area contributed by atoms with Crippen LogP contribution in [0.4, 0.5) is 4.79 Å². The third-order valence-electron chi connectivity index (χ3n) is 2.48. The molecule has 2 amide bonds. The topological polar surface area (TPSA) is 78.4 Å². The van der Waals surface area contributed by atoms with Crippen LogP contribution in [0.25, 0.3) is 0 Å². The first-order valence-electron chi connectivity index (χ1n) is 5.98. The summed E-state index contributed by atoms with van der Waals surface area (Å²) in [4.78, 5) is 22.4. The maximum Gasteiger partial charge on any atom is 0.335 e. The highest BCUT2D eigenvalue weighted by atomic mass is 16.4. The van der Waals surface area contributed by atoms with Crippen molar-refractivity contribution in [1.82, 2.24) is 10.6 Å². The summed E-state index contributed by atoms with van der Waals surface area (Å²) >= 11 is 0. The average molecular weight is 262 g/mol. The van der Waals surface area contributed by atoms with E-state index in [1.54, 1.807) is 24.3 Å². The molecule has 5 nitrogen and oxygen atoms in total. The summed E-state index contributed by atoms with van der Waals surface area (Å²) in [6.45, 7) is 6.31. The van der Waals surface area contributed by atoms with E-state index in [1.165, 1.54) is 0 Å². The molecule has 1 rings (SSSR count). The van der Waals surface area contributed by atoms with Crippen molar-refractivity contribution in [2.45, 2.75) is 13.3 Å². The highest BCUT2D eigenvalue weighted by molar-refractivity contribution is 5.89. The monoisotopic (exact) mass is 262 g/mol. The number of rotatable bonds is 6. The molecule has 1 aromatic carbocycles. The predicted molar refractivity (Wildman–Crippen MR) is 73.3 cm³/mol. The number of carboxylic acids is 1. The molecule has 0 bridgehead atoms. The lowest BCUT2D eigenvalue weighted by molar-refractivity contribution is 0.0695.